The minimum atomic E-state index is 0.540. The predicted octanol–water partition coefficient (Wildman–Crippen LogP) is 2.60. The van der Waals surface area contributed by atoms with Crippen LogP contribution in [0.2, 0.25) is 0 Å². The molecule has 0 aliphatic rings. The summed E-state index contributed by atoms with van der Waals surface area (Å²) in [5.74, 6) is 0.621. The first-order valence-corrected chi connectivity index (χ1v) is 6.03. The first-order valence-electron chi connectivity index (χ1n) is 5.21. The maximum absolute atomic E-state index is 5.70. The summed E-state index contributed by atoms with van der Waals surface area (Å²) in [4.78, 5) is 6.51. The third-order valence-corrected chi connectivity index (χ3v) is 3.58. The molecule has 3 rings (SSSR count). The number of hydrogen-bond acceptors (Lipinski definition) is 5. The lowest BCUT2D eigenvalue weighted by atomic mass is 10.3. The standard InChI is InChI=1S/C12H11N3OS/c13-6-8-2-4-11(17-8)12-15-9-5-7(14)1-3-10(9)16-12/h1-5H,6,13-14H2. The van der Waals surface area contributed by atoms with Gasteiger partial charge in [-0.1, -0.05) is 0 Å². The molecule has 0 amide bonds. The van der Waals surface area contributed by atoms with E-state index in [9.17, 15) is 0 Å². The van der Waals surface area contributed by atoms with Gasteiger partial charge in [0, 0.05) is 17.1 Å². The summed E-state index contributed by atoms with van der Waals surface area (Å²) in [6.45, 7) is 0.540. The number of benzene rings is 1. The number of hydrogen-bond donors (Lipinski definition) is 2. The Labute approximate surface area is 102 Å². The Balaban J connectivity index is 2.11. The second-order valence-corrected chi connectivity index (χ2v) is 4.88. The zero-order valence-corrected chi connectivity index (χ0v) is 9.83. The van der Waals surface area contributed by atoms with Crippen LogP contribution in [0.25, 0.3) is 21.9 Å². The number of nitrogens with two attached hydrogens (primary N) is 2. The lowest BCUT2D eigenvalue weighted by molar-refractivity contribution is 0.621. The zero-order valence-electron chi connectivity index (χ0n) is 9.01. The molecule has 4 nitrogen and oxygen atoms in total. The van der Waals surface area contributed by atoms with Crippen LogP contribution in [0.4, 0.5) is 5.69 Å². The summed E-state index contributed by atoms with van der Waals surface area (Å²) in [5, 5.41) is 0. The van der Waals surface area contributed by atoms with E-state index < -0.39 is 0 Å². The van der Waals surface area contributed by atoms with Crippen LogP contribution >= 0.6 is 11.3 Å². The average molecular weight is 245 g/mol. The van der Waals surface area contributed by atoms with Crippen LogP contribution in [0.5, 0.6) is 0 Å². The van der Waals surface area contributed by atoms with Crippen molar-refractivity contribution in [3.05, 3.63) is 35.2 Å². The minimum Gasteiger partial charge on any atom is -0.435 e. The molecule has 0 aliphatic carbocycles. The quantitative estimate of drug-likeness (QED) is 0.680. The third-order valence-electron chi connectivity index (χ3n) is 2.49. The molecule has 17 heavy (non-hydrogen) atoms. The SMILES string of the molecule is NCc1ccc(-c2nc3cc(N)ccc3o2)s1. The Morgan fingerprint density at radius 1 is 1.24 bits per heavy atom. The number of fused-ring (bicyclic) bond motifs is 1. The number of rotatable bonds is 2. The largest absolute Gasteiger partial charge is 0.435 e. The number of anilines is 1. The van der Waals surface area contributed by atoms with Crippen molar-refractivity contribution in [1.29, 1.82) is 0 Å². The van der Waals surface area contributed by atoms with E-state index >= 15 is 0 Å². The van der Waals surface area contributed by atoms with Crippen molar-refractivity contribution in [2.45, 2.75) is 6.54 Å². The van der Waals surface area contributed by atoms with Gasteiger partial charge in [-0.3, -0.25) is 0 Å². The molecule has 0 saturated carbocycles. The first kappa shape index (κ1) is 10.3. The molecule has 5 heteroatoms. The maximum atomic E-state index is 5.70. The normalized spacial score (nSPS) is 11.1. The van der Waals surface area contributed by atoms with Gasteiger partial charge in [-0.15, -0.1) is 11.3 Å². The molecule has 3 aromatic rings. The number of aromatic nitrogens is 1. The number of nitrogens with zero attached hydrogens (tertiary/aromatic N) is 1. The van der Waals surface area contributed by atoms with E-state index in [0.29, 0.717) is 18.1 Å². The van der Waals surface area contributed by atoms with Crippen LogP contribution in [0.3, 0.4) is 0 Å². The van der Waals surface area contributed by atoms with Crippen molar-refractivity contribution in [2.24, 2.45) is 5.73 Å². The molecule has 0 radical (unpaired) electrons. The van der Waals surface area contributed by atoms with Crippen molar-refractivity contribution >= 4 is 28.1 Å². The van der Waals surface area contributed by atoms with E-state index in [4.69, 9.17) is 15.9 Å². The van der Waals surface area contributed by atoms with E-state index in [2.05, 4.69) is 4.98 Å². The highest BCUT2D eigenvalue weighted by Crippen LogP contribution is 2.30. The molecule has 0 fully saturated rings. The third kappa shape index (κ3) is 1.79. The van der Waals surface area contributed by atoms with Crippen LogP contribution in [-0.2, 0) is 6.54 Å². The van der Waals surface area contributed by atoms with Gasteiger partial charge in [-0.05, 0) is 30.3 Å². The van der Waals surface area contributed by atoms with Gasteiger partial charge in [0.15, 0.2) is 5.58 Å². The van der Waals surface area contributed by atoms with Crippen LogP contribution in [0, 0.1) is 0 Å². The van der Waals surface area contributed by atoms with E-state index in [-0.39, 0.29) is 0 Å². The van der Waals surface area contributed by atoms with Crippen LogP contribution < -0.4 is 11.5 Å². The highest BCUT2D eigenvalue weighted by Gasteiger charge is 2.10. The lowest BCUT2D eigenvalue weighted by Crippen LogP contribution is -1.90. The highest BCUT2D eigenvalue weighted by molar-refractivity contribution is 7.15. The van der Waals surface area contributed by atoms with Crippen molar-refractivity contribution in [2.75, 3.05) is 5.73 Å². The summed E-state index contributed by atoms with van der Waals surface area (Å²) < 4.78 is 5.67. The summed E-state index contributed by atoms with van der Waals surface area (Å²) in [7, 11) is 0. The Morgan fingerprint density at radius 3 is 2.88 bits per heavy atom. The molecule has 1 aromatic carbocycles. The fourth-order valence-corrected chi connectivity index (χ4v) is 2.46. The summed E-state index contributed by atoms with van der Waals surface area (Å²) in [6.07, 6.45) is 0. The average Bonchev–Trinajstić information content (AvgIpc) is 2.93. The molecule has 0 atom stereocenters. The van der Waals surface area contributed by atoms with Crippen molar-refractivity contribution < 1.29 is 4.42 Å². The molecular weight excluding hydrogens is 234 g/mol. The molecular formula is C12H11N3OS. The van der Waals surface area contributed by atoms with Gasteiger partial charge in [-0.2, -0.15) is 0 Å². The molecule has 0 unspecified atom stereocenters. The van der Waals surface area contributed by atoms with E-state index in [0.717, 1.165) is 20.9 Å². The number of nitrogen functional groups attached to an aromatic ring is 1. The van der Waals surface area contributed by atoms with Gasteiger partial charge in [0.05, 0.1) is 4.88 Å². The molecule has 0 spiro atoms. The Morgan fingerprint density at radius 2 is 2.12 bits per heavy atom. The van der Waals surface area contributed by atoms with Gasteiger partial charge in [0.2, 0.25) is 5.89 Å². The summed E-state index contributed by atoms with van der Waals surface area (Å²) >= 11 is 1.59. The first-order chi connectivity index (χ1) is 8.26. The minimum absolute atomic E-state index is 0.540. The van der Waals surface area contributed by atoms with Crippen LogP contribution in [0.1, 0.15) is 4.88 Å². The van der Waals surface area contributed by atoms with Gasteiger partial charge in [0.1, 0.15) is 5.52 Å². The highest BCUT2D eigenvalue weighted by atomic mass is 32.1. The smallest absolute Gasteiger partial charge is 0.237 e. The van der Waals surface area contributed by atoms with Crippen LogP contribution in [0.15, 0.2) is 34.7 Å². The number of oxazole rings is 1. The van der Waals surface area contributed by atoms with E-state index in [1.165, 1.54) is 0 Å². The van der Waals surface area contributed by atoms with Gasteiger partial charge in [-0.25, -0.2) is 4.98 Å². The summed E-state index contributed by atoms with van der Waals surface area (Å²) in [5.41, 5.74) is 13.5. The second-order valence-electron chi connectivity index (χ2n) is 3.72. The fourth-order valence-electron chi connectivity index (χ4n) is 1.65. The van der Waals surface area contributed by atoms with Crippen molar-refractivity contribution in [1.82, 2.24) is 4.98 Å². The van der Waals surface area contributed by atoms with Gasteiger partial charge in [0.25, 0.3) is 0 Å². The molecule has 2 heterocycles. The van der Waals surface area contributed by atoms with Gasteiger partial charge < -0.3 is 15.9 Å². The maximum Gasteiger partial charge on any atom is 0.237 e. The molecule has 4 N–H and O–H groups in total. The van der Waals surface area contributed by atoms with Crippen LogP contribution in [-0.4, -0.2) is 4.98 Å². The van der Waals surface area contributed by atoms with E-state index in [1.54, 1.807) is 23.5 Å². The topological polar surface area (TPSA) is 78.1 Å². The Kier molecular flexibility index (Phi) is 2.35. The second kappa shape index (κ2) is 3.87. The number of thiophene rings is 1. The molecule has 0 aliphatic heterocycles. The van der Waals surface area contributed by atoms with E-state index in [1.807, 2.05) is 18.2 Å². The molecule has 0 bridgehead atoms. The summed E-state index contributed by atoms with van der Waals surface area (Å²) in [6, 6.07) is 9.40. The molecule has 0 saturated heterocycles. The lowest BCUT2D eigenvalue weighted by Gasteiger charge is -1.88. The predicted molar refractivity (Wildman–Crippen MR) is 69.6 cm³/mol. The van der Waals surface area contributed by atoms with Crippen molar-refractivity contribution in [3.63, 3.8) is 0 Å². The van der Waals surface area contributed by atoms with Crippen molar-refractivity contribution in [3.8, 4) is 10.8 Å². The molecule has 2 aromatic heterocycles. The van der Waals surface area contributed by atoms with Gasteiger partial charge >= 0.3 is 0 Å². The monoisotopic (exact) mass is 245 g/mol. The zero-order chi connectivity index (χ0) is 11.8. The Bertz CT molecular complexity index is 671. The Hall–Kier alpha value is -1.85. The fraction of sp³-hybridized carbons (Fsp3) is 0.0833. The molecule has 86 valence electrons.